The SMILES string of the molecule is CCCc1nc(C(=O)NCc2ncon2)n[nH]1. The molecule has 0 atom stereocenters. The van der Waals surface area contributed by atoms with Crippen molar-refractivity contribution in [1.82, 2.24) is 30.6 Å². The molecule has 2 aromatic heterocycles. The number of nitrogens with zero attached hydrogens (tertiary/aromatic N) is 4. The number of aromatic amines is 1. The maximum absolute atomic E-state index is 11.6. The van der Waals surface area contributed by atoms with Gasteiger partial charge < -0.3 is 9.84 Å². The van der Waals surface area contributed by atoms with Gasteiger partial charge in [-0.05, 0) is 6.42 Å². The molecule has 2 aromatic rings. The molecule has 0 bridgehead atoms. The summed E-state index contributed by atoms with van der Waals surface area (Å²) in [5, 5.41) is 12.7. The maximum atomic E-state index is 11.6. The predicted octanol–water partition coefficient (Wildman–Crippen LogP) is 0.0702. The summed E-state index contributed by atoms with van der Waals surface area (Å²) in [5.74, 6) is 0.866. The van der Waals surface area contributed by atoms with Crippen LogP contribution in [-0.2, 0) is 13.0 Å². The lowest BCUT2D eigenvalue weighted by molar-refractivity contribution is 0.0939. The van der Waals surface area contributed by atoms with Crippen molar-refractivity contribution in [2.45, 2.75) is 26.3 Å². The van der Waals surface area contributed by atoms with E-state index in [2.05, 4.69) is 35.2 Å². The number of nitrogens with one attached hydrogen (secondary N) is 2. The Balaban J connectivity index is 1.90. The van der Waals surface area contributed by atoms with Crippen molar-refractivity contribution in [3.63, 3.8) is 0 Å². The number of rotatable bonds is 5. The first-order valence-corrected chi connectivity index (χ1v) is 5.24. The quantitative estimate of drug-likeness (QED) is 0.760. The van der Waals surface area contributed by atoms with Crippen molar-refractivity contribution in [3.8, 4) is 0 Å². The monoisotopic (exact) mass is 236 g/mol. The second kappa shape index (κ2) is 5.19. The van der Waals surface area contributed by atoms with Crippen molar-refractivity contribution >= 4 is 5.91 Å². The highest BCUT2D eigenvalue weighted by molar-refractivity contribution is 5.90. The van der Waals surface area contributed by atoms with Crippen LogP contribution in [0, 0.1) is 0 Å². The van der Waals surface area contributed by atoms with Gasteiger partial charge in [-0.15, -0.1) is 5.10 Å². The predicted molar refractivity (Wildman–Crippen MR) is 55.8 cm³/mol. The van der Waals surface area contributed by atoms with Gasteiger partial charge in [-0.2, -0.15) is 4.98 Å². The Bertz CT molecular complexity index is 477. The Morgan fingerprint density at radius 3 is 3.18 bits per heavy atom. The fourth-order valence-corrected chi connectivity index (χ4v) is 1.25. The van der Waals surface area contributed by atoms with Gasteiger partial charge in [-0.1, -0.05) is 12.1 Å². The van der Waals surface area contributed by atoms with Crippen LogP contribution >= 0.6 is 0 Å². The minimum absolute atomic E-state index is 0.122. The van der Waals surface area contributed by atoms with E-state index >= 15 is 0 Å². The van der Waals surface area contributed by atoms with Crippen LogP contribution in [0.3, 0.4) is 0 Å². The zero-order valence-corrected chi connectivity index (χ0v) is 9.30. The second-order valence-corrected chi connectivity index (χ2v) is 3.39. The van der Waals surface area contributed by atoms with Gasteiger partial charge in [0.25, 0.3) is 5.91 Å². The molecule has 90 valence electrons. The first-order chi connectivity index (χ1) is 8.29. The van der Waals surface area contributed by atoms with E-state index in [0.717, 1.165) is 12.8 Å². The first-order valence-electron chi connectivity index (χ1n) is 5.24. The highest BCUT2D eigenvalue weighted by Gasteiger charge is 2.12. The third-order valence-corrected chi connectivity index (χ3v) is 2.04. The Labute approximate surface area is 96.8 Å². The van der Waals surface area contributed by atoms with Crippen molar-refractivity contribution in [2.24, 2.45) is 0 Å². The maximum Gasteiger partial charge on any atom is 0.291 e. The molecule has 0 spiro atoms. The lowest BCUT2D eigenvalue weighted by Gasteiger charge is -1.96. The van der Waals surface area contributed by atoms with E-state index in [-0.39, 0.29) is 18.3 Å². The number of H-pyrrole nitrogens is 1. The van der Waals surface area contributed by atoms with Crippen LogP contribution in [0.1, 0.15) is 35.6 Å². The molecule has 8 heteroatoms. The van der Waals surface area contributed by atoms with Crippen molar-refractivity contribution in [3.05, 3.63) is 23.9 Å². The van der Waals surface area contributed by atoms with E-state index < -0.39 is 0 Å². The highest BCUT2D eigenvalue weighted by atomic mass is 16.5. The van der Waals surface area contributed by atoms with Crippen molar-refractivity contribution < 1.29 is 9.32 Å². The molecule has 0 aliphatic carbocycles. The summed E-state index contributed by atoms with van der Waals surface area (Å²) in [6, 6.07) is 0. The Morgan fingerprint density at radius 1 is 1.59 bits per heavy atom. The number of aryl methyl sites for hydroxylation is 1. The van der Waals surface area contributed by atoms with E-state index in [0.29, 0.717) is 11.6 Å². The van der Waals surface area contributed by atoms with Gasteiger partial charge in [-0.3, -0.25) is 9.89 Å². The fourth-order valence-electron chi connectivity index (χ4n) is 1.25. The molecule has 2 heterocycles. The van der Waals surface area contributed by atoms with E-state index in [1.165, 1.54) is 6.39 Å². The van der Waals surface area contributed by atoms with Crippen molar-refractivity contribution in [1.29, 1.82) is 0 Å². The normalized spacial score (nSPS) is 10.4. The van der Waals surface area contributed by atoms with E-state index in [4.69, 9.17) is 0 Å². The smallest absolute Gasteiger partial charge is 0.291 e. The molecule has 0 aromatic carbocycles. The van der Waals surface area contributed by atoms with Crippen LogP contribution in [0.2, 0.25) is 0 Å². The molecule has 1 amide bonds. The van der Waals surface area contributed by atoms with Gasteiger partial charge in [0, 0.05) is 6.42 Å². The van der Waals surface area contributed by atoms with Crippen LogP contribution in [0.25, 0.3) is 0 Å². The molecule has 17 heavy (non-hydrogen) atoms. The Hall–Kier alpha value is -2.25. The van der Waals surface area contributed by atoms with Gasteiger partial charge in [0.05, 0.1) is 6.54 Å². The standard InChI is InChI=1S/C9H12N6O2/c1-2-3-6-12-8(14-13-6)9(16)10-4-7-11-5-17-15-7/h5H,2-4H2,1H3,(H,10,16)(H,12,13,14). The summed E-state index contributed by atoms with van der Waals surface area (Å²) in [7, 11) is 0. The summed E-state index contributed by atoms with van der Waals surface area (Å²) in [4.78, 5) is 19.4. The van der Waals surface area contributed by atoms with Crippen LogP contribution in [0.15, 0.2) is 10.9 Å². The van der Waals surface area contributed by atoms with Gasteiger partial charge >= 0.3 is 0 Å². The highest BCUT2D eigenvalue weighted by Crippen LogP contribution is 1.97. The molecule has 0 saturated carbocycles. The molecular formula is C9H12N6O2. The average molecular weight is 236 g/mol. The zero-order chi connectivity index (χ0) is 12.1. The van der Waals surface area contributed by atoms with Crippen LogP contribution < -0.4 is 5.32 Å². The van der Waals surface area contributed by atoms with Gasteiger partial charge in [0.1, 0.15) is 5.82 Å². The lowest BCUT2D eigenvalue weighted by Crippen LogP contribution is -2.24. The molecule has 2 N–H and O–H groups in total. The van der Waals surface area contributed by atoms with E-state index in [1.54, 1.807) is 0 Å². The Morgan fingerprint density at radius 2 is 2.47 bits per heavy atom. The van der Waals surface area contributed by atoms with Crippen LogP contribution in [-0.4, -0.2) is 31.2 Å². The zero-order valence-electron chi connectivity index (χ0n) is 9.30. The fraction of sp³-hybridized carbons (Fsp3) is 0.444. The molecule has 2 rings (SSSR count). The minimum atomic E-state index is -0.367. The third-order valence-electron chi connectivity index (χ3n) is 2.04. The lowest BCUT2D eigenvalue weighted by atomic mass is 10.3. The average Bonchev–Trinajstić information content (AvgIpc) is 2.97. The summed E-state index contributed by atoms with van der Waals surface area (Å²) in [6.45, 7) is 2.21. The molecule has 0 aliphatic rings. The number of carbonyl (C=O) groups is 1. The number of hydrogen-bond donors (Lipinski definition) is 2. The summed E-state index contributed by atoms with van der Waals surface area (Å²) in [5.41, 5.74) is 0. The summed E-state index contributed by atoms with van der Waals surface area (Å²) < 4.78 is 4.54. The third kappa shape index (κ3) is 2.86. The number of carbonyl (C=O) groups excluding carboxylic acids is 1. The molecule has 0 aliphatic heterocycles. The van der Waals surface area contributed by atoms with Gasteiger partial charge in [0.15, 0.2) is 5.82 Å². The van der Waals surface area contributed by atoms with Gasteiger partial charge in [-0.25, -0.2) is 4.98 Å². The summed E-state index contributed by atoms with van der Waals surface area (Å²) >= 11 is 0. The molecule has 0 unspecified atom stereocenters. The van der Waals surface area contributed by atoms with Crippen LogP contribution in [0.4, 0.5) is 0 Å². The number of amides is 1. The minimum Gasteiger partial charge on any atom is -0.343 e. The topological polar surface area (TPSA) is 110 Å². The molecule has 0 saturated heterocycles. The molecule has 0 radical (unpaired) electrons. The molecular weight excluding hydrogens is 224 g/mol. The number of aromatic nitrogens is 5. The van der Waals surface area contributed by atoms with E-state index in [1.807, 2.05) is 6.92 Å². The molecule has 8 nitrogen and oxygen atoms in total. The van der Waals surface area contributed by atoms with Crippen molar-refractivity contribution in [2.75, 3.05) is 0 Å². The number of hydrogen-bond acceptors (Lipinski definition) is 6. The summed E-state index contributed by atoms with van der Waals surface area (Å²) in [6.07, 6.45) is 2.91. The van der Waals surface area contributed by atoms with E-state index in [9.17, 15) is 4.79 Å². The largest absolute Gasteiger partial charge is 0.343 e. The Kier molecular flexibility index (Phi) is 3.43. The van der Waals surface area contributed by atoms with Crippen LogP contribution in [0.5, 0.6) is 0 Å². The second-order valence-electron chi connectivity index (χ2n) is 3.39. The molecule has 0 fully saturated rings. The first kappa shape index (κ1) is 11.2. The van der Waals surface area contributed by atoms with Gasteiger partial charge in [0.2, 0.25) is 12.2 Å².